The number of hydrogen-bond acceptors (Lipinski definition) is 5. The molecule has 61 heavy (non-hydrogen) atoms. The van der Waals surface area contributed by atoms with Crippen LogP contribution < -0.4 is 0 Å². The van der Waals surface area contributed by atoms with Crippen LogP contribution in [0, 0.1) is 0 Å². The van der Waals surface area contributed by atoms with Gasteiger partial charge >= 0.3 is 0 Å². The summed E-state index contributed by atoms with van der Waals surface area (Å²) in [4.78, 5) is 19.9. The number of furan rings is 1. The van der Waals surface area contributed by atoms with Crippen LogP contribution in [0.3, 0.4) is 0 Å². The molecule has 0 atom stereocenters. The summed E-state index contributed by atoms with van der Waals surface area (Å²) >= 11 is 0. The van der Waals surface area contributed by atoms with Crippen LogP contribution in [0.4, 0.5) is 0 Å². The molecular weight excluding hydrogens is 745 g/mol. The van der Waals surface area contributed by atoms with Crippen molar-refractivity contribution in [3.8, 4) is 56.0 Å². The molecule has 11 aromatic rings. The molecule has 7 aromatic carbocycles. The Balaban J connectivity index is 0.985. The van der Waals surface area contributed by atoms with Crippen LogP contribution in [0.5, 0.6) is 0 Å². The van der Waals surface area contributed by atoms with E-state index in [4.69, 9.17) is 19.4 Å². The summed E-state index contributed by atoms with van der Waals surface area (Å²) in [5, 5.41) is 7.98. The lowest BCUT2D eigenvalue weighted by Gasteiger charge is -2.13. The zero-order valence-electron chi connectivity index (χ0n) is 33.1. The zero-order chi connectivity index (χ0) is 40.3. The molecule has 0 N–H and O–H groups in total. The fourth-order valence-corrected chi connectivity index (χ4v) is 9.00. The number of nitrogens with zero attached hydrogens (tertiary/aromatic N) is 4. The summed E-state index contributed by atoms with van der Waals surface area (Å²) in [5.74, 6) is 0. The number of aromatic nitrogens is 3. The van der Waals surface area contributed by atoms with Gasteiger partial charge in [0.2, 0.25) is 0 Å². The largest absolute Gasteiger partial charge is 0.454 e. The van der Waals surface area contributed by atoms with Gasteiger partial charge in [0.05, 0.1) is 28.3 Å². The molecule has 0 fully saturated rings. The molecule has 286 valence electrons. The van der Waals surface area contributed by atoms with Crippen LogP contribution in [0.25, 0.3) is 110 Å². The third kappa shape index (κ3) is 6.09. The highest BCUT2D eigenvalue weighted by molar-refractivity contribution is 6.23. The van der Waals surface area contributed by atoms with Gasteiger partial charge in [-0.3, -0.25) is 9.98 Å². The van der Waals surface area contributed by atoms with E-state index in [9.17, 15) is 0 Å². The van der Waals surface area contributed by atoms with Crippen molar-refractivity contribution in [3.05, 3.63) is 200 Å². The predicted octanol–water partition coefficient (Wildman–Crippen LogP) is 14.3. The normalized spacial score (nSPS) is 12.8. The molecule has 1 aliphatic rings. The molecule has 0 saturated carbocycles. The Kier molecular flexibility index (Phi) is 8.23. The number of para-hydroxylation sites is 1. The van der Waals surface area contributed by atoms with Crippen molar-refractivity contribution < 1.29 is 4.42 Å². The molecule has 0 aliphatic carbocycles. The Labute approximate surface area is 352 Å². The topological polar surface area (TPSA) is 64.2 Å². The van der Waals surface area contributed by atoms with Crippen molar-refractivity contribution in [1.82, 2.24) is 15.0 Å². The fraction of sp³-hybridized carbons (Fsp3) is 0.0357. The van der Waals surface area contributed by atoms with Crippen LogP contribution in [-0.4, -0.2) is 27.2 Å². The first-order chi connectivity index (χ1) is 30.2. The number of allylic oxidation sites excluding steroid dienone is 1. The second kappa shape index (κ2) is 14.4. The van der Waals surface area contributed by atoms with E-state index < -0.39 is 0 Å². The Hall–Kier alpha value is -8.02. The molecule has 5 heteroatoms. The second-order valence-electron chi connectivity index (χ2n) is 15.6. The Morgan fingerprint density at radius 3 is 1.92 bits per heavy atom. The van der Waals surface area contributed by atoms with Crippen LogP contribution >= 0.6 is 0 Å². The molecule has 0 spiro atoms. The SMILES string of the molecule is C1=CC(c2cc(-c3cccc(-c4cccc(-c5ccc6c(c5)nc(-c5cc7ccccc7c7ccccc57)c5oc7ccccc7c56)c4)c3)cc(-c3ccccn3)n2)=NCC1. The highest BCUT2D eigenvalue weighted by atomic mass is 16.3. The summed E-state index contributed by atoms with van der Waals surface area (Å²) in [6.45, 7) is 0.767. The number of aliphatic imine (C=N–C) groups is 1. The van der Waals surface area contributed by atoms with Gasteiger partial charge in [0.25, 0.3) is 0 Å². The molecule has 0 saturated heterocycles. The lowest BCUT2D eigenvalue weighted by atomic mass is 9.93. The predicted molar refractivity (Wildman–Crippen MR) is 252 cm³/mol. The lowest BCUT2D eigenvalue weighted by Crippen LogP contribution is -2.06. The number of dihydropyridines is 1. The highest BCUT2D eigenvalue weighted by Crippen LogP contribution is 2.43. The van der Waals surface area contributed by atoms with Crippen molar-refractivity contribution in [2.24, 2.45) is 4.99 Å². The Morgan fingerprint density at radius 1 is 0.459 bits per heavy atom. The van der Waals surface area contributed by atoms with Crippen molar-refractivity contribution >= 4 is 60.1 Å². The molecule has 1 aliphatic heterocycles. The Bertz CT molecular complexity index is 3600. The van der Waals surface area contributed by atoms with Crippen molar-refractivity contribution in [3.63, 3.8) is 0 Å². The smallest absolute Gasteiger partial charge is 0.162 e. The minimum absolute atomic E-state index is 0.767. The van der Waals surface area contributed by atoms with E-state index in [0.29, 0.717) is 0 Å². The molecule has 5 nitrogen and oxygen atoms in total. The Morgan fingerprint density at radius 2 is 1.15 bits per heavy atom. The third-order valence-corrected chi connectivity index (χ3v) is 11.9. The average Bonchev–Trinajstić information content (AvgIpc) is 3.74. The standard InChI is InChI=1S/C56H36N4O/c1-2-18-42-40(13-1)31-47(44-20-4-3-19-43(42)44)55-56-54(46-21-5-6-24-53(46)61-56)45-26-25-39(32-50(45)60-55)37-16-11-14-35(29-37)36-15-12-17-38(30-36)41-33-51(48-22-7-9-27-57-48)59-52(34-41)49-23-8-10-28-58-49/h1-9,11-27,29-34H,10,28H2. The van der Waals surface area contributed by atoms with Gasteiger partial charge in [-0.05, 0) is 122 Å². The van der Waals surface area contributed by atoms with Gasteiger partial charge in [-0.2, -0.15) is 0 Å². The minimum Gasteiger partial charge on any atom is -0.454 e. The molecule has 0 unspecified atom stereocenters. The van der Waals surface area contributed by atoms with Gasteiger partial charge in [0.1, 0.15) is 11.3 Å². The van der Waals surface area contributed by atoms with E-state index in [1.54, 1.807) is 0 Å². The molecule has 0 bridgehead atoms. The van der Waals surface area contributed by atoms with Crippen LogP contribution in [-0.2, 0) is 0 Å². The van der Waals surface area contributed by atoms with Gasteiger partial charge in [0.15, 0.2) is 5.58 Å². The van der Waals surface area contributed by atoms with Gasteiger partial charge in [0, 0.05) is 34.5 Å². The van der Waals surface area contributed by atoms with Crippen molar-refractivity contribution in [2.45, 2.75) is 6.42 Å². The maximum Gasteiger partial charge on any atom is 0.162 e. The first-order valence-electron chi connectivity index (χ1n) is 20.7. The van der Waals surface area contributed by atoms with Crippen LogP contribution in [0.1, 0.15) is 12.1 Å². The summed E-state index contributed by atoms with van der Waals surface area (Å²) in [6, 6.07) is 62.2. The molecule has 5 heterocycles. The number of benzene rings is 7. The summed E-state index contributed by atoms with van der Waals surface area (Å²) < 4.78 is 6.72. The highest BCUT2D eigenvalue weighted by Gasteiger charge is 2.21. The molecule has 0 amide bonds. The molecular formula is C56H36N4O. The molecule has 12 rings (SSSR count). The second-order valence-corrected chi connectivity index (χ2v) is 15.6. The van der Waals surface area contributed by atoms with E-state index in [-0.39, 0.29) is 0 Å². The van der Waals surface area contributed by atoms with E-state index in [1.807, 2.05) is 36.5 Å². The third-order valence-electron chi connectivity index (χ3n) is 11.9. The summed E-state index contributed by atoms with van der Waals surface area (Å²) in [5.41, 5.74) is 14.5. The first kappa shape index (κ1) is 35.0. The van der Waals surface area contributed by atoms with Gasteiger partial charge in [-0.15, -0.1) is 0 Å². The van der Waals surface area contributed by atoms with Gasteiger partial charge in [-0.25, -0.2) is 9.97 Å². The number of pyridine rings is 3. The van der Waals surface area contributed by atoms with Gasteiger partial charge in [-0.1, -0.05) is 127 Å². The maximum absolute atomic E-state index is 6.72. The lowest BCUT2D eigenvalue weighted by molar-refractivity contribution is 0.669. The first-order valence-corrected chi connectivity index (χ1v) is 20.7. The van der Waals surface area contributed by atoms with E-state index >= 15 is 0 Å². The van der Waals surface area contributed by atoms with E-state index in [0.717, 1.165) is 119 Å². The summed E-state index contributed by atoms with van der Waals surface area (Å²) in [7, 11) is 0. The van der Waals surface area contributed by atoms with Crippen LogP contribution in [0.2, 0.25) is 0 Å². The fourth-order valence-electron chi connectivity index (χ4n) is 9.00. The maximum atomic E-state index is 6.72. The quantitative estimate of drug-likeness (QED) is 0.158. The van der Waals surface area contributed by atoms with E-state index in [1.165, 1.54) is 16.2 Å². The number of fused-ring (bicyclic) bond motifs is 8. The van der Waals surface area contributed by atoms with Gasteiger partial charge < -0.3 is 4.42 Å². The molecule has 0 radical (unpaired) electrons. The zero-order valence-corrected chi connectivity index (χ0v) is 33.1. The number of rotatable bonds is 6. The van der Waals surface area contributed by atoms with E-state index in [2.05, 4.69) is 163 Å². The molecule has 4 aromatic heterocycles. The summed E-state index contributed by atoms with van der Waals surface area (Å²) in [6.07, 6.45) is 7.00. The van der Waals surface area contributed by atoms with Crippen molar-refractivity contribution in [2.75, 3.05) is 6.54 Å². The minimum atomic E-state index is 0.767. The number of hydrogen-bond donors (Lipinski definition) is 0. The van der Waals surface area contributed by atoms with Crippen molar-refractivity contribution in [1.29, 1.82) is 0 Å². The average molecular weight is 781 g/mol. The monoisotopic (exact) mass is 780 g/mol. The van der Waals surface area contributed by atoms with Crippen LogP contribution in [0.15, 0.2) is 204 Å².